The maximum Gasteiger partial charge on any atom is 0.527 e. The Morgan fingerprint density at radius 3 is 2.50 bits per heavy atom. The summed E-state index contributed by atoms with van der Waals surface area (Å²) in [5.41, 5.74) is 0.729. The molecule has 2 heterocycles. The molecule has 14 heteroatoms. The lowest BCUT2D eigenvalue weighted by Gasteiger charge is -2.35. The van der Waals surface area contributed by atoms with Crippen molar-refractivity contribution < 1.29 is 38.6 Å². The molecule has 40 heavy (non-hydrogen) atoms. The van der Waals surface area contributed by atoms with Gasteiger partial charge in [0.15, 0.2) is 5.69 Å². The van der Waals surface area contributed by atoms with E-state index in [0.717, 1.165) is 12.2 Å². The Labute approximate surface area is 236 Å². The van der Waals surface area contributed by atoms with E-state index in [2.05, 4.69) is 10.4 Å². The van der Waals surface area contributed by atoms with Crippen molar-refractivity contribution in [3.8, 4) is 11.6 Å². The van der Waals surface area contributed by atoms with Gasteiger partial charge in [0.25, 0.3) is 5.91 Å². The summed E-state index contributed by atoms with van der Waals surface area (Å²) >= 11 is 1.71. The first-order valence-corrected chi connectivity index (χ1v) is 14.4. The Morgan fingerprint density at radius 1 is 1.12 bits per heavy atom. The molecule has 13 nitrogen and oxygen atoms in total. The molecule has 1 fully saturated rings. The van der Waals surface area contributed by atoms with Crippen LogP contribution in [0.15, 0.2) is 36.4 Å². The van der Waals surface area contributed by atoms with E-state index in [1.807, 2.05) is 36.6 Å². The number of hydrogen-bond donors (Lipinski definition) is 2. The Morgan fingerprint density at radius 2 is 1.85 bits per heavy atom. The maximum atomic E-state index is 13.3. The second-order valence-electron chi connectivity index (χ2n) is 8.80. The van der Waals surface area contributed by atoms with Crippen LogP contribution in [0.3, 0.4) is 0 Å². The van der Waals surface area contributed by atoms with E-state index in [4.69, 9.17) is 14.3 Å². The molecule has 1 saturated heterocycles. The molecule has 1 aromatic heterocycles. The first-order chi connectivity index (χ1) is 19.3. The van der Waals surface area contributed by atoms with Crippen LogP contribution < -0.4 is 10.1 Å². The highest BCUT2D eigenvalue weighted by molar-refractivity contribution is 7.98. The average molecular weight is 578 g/mol. The van der Waals surface area contributed by atoms with E-state index in [0.29, 0.717) is 18.2 Å². The van der Waals surface area contributed by atoms with Gasteiger partial charge in [0, 0.05) is 25.6 Å². The van der Waals surface area contributed by atoms with E-state index in [1.165, 1.54) is 20.7 Å². The number of nitrogens with one attached hydrogen (secondary N) is 1. The van der Waals surface area contributed by atoms with Crippen LogP contribution in [-0.4, -0.2) is 106 Å². The van der Waals surface area contributed by atoms with Crippen LogP contribution in [0.25, 0.3) is 5.69 Å². The third-order valence-electron chi connectivity index (χ3n) is 5.92. The number of carboxylic acid groups (broad SMARTS) is 1. The molecule has 2 amide bonds. The molecule has 2 N–H and O–H groups in total. The van der Waals surface area contributed by atoms with E-state index in [1.54, 1.807) is 18.7 Å². The van der Waals surface area contributed by atoms with Crippen LogP contribution in [0.4, 0.5) is 4.79 Å². The number of hydrogen-bond acceptors (Lipinski definition) is 10. The molecular weight excluding hydrogens is 542 g/mol. The lowest BCUT2D eigenvalue weighted by Crippen LogP contribution is -2.55. The van der Waals surface area contributed by atoms with Gasteiger partial charge in [-0.05, 0) is 43.9 Å². The van der Waals surface area contributed by atoms with E-state index >= 15 is 0 Å². The van der Waals surface area contributed by atoms with Gasteiger partial charge in [-0.15, -0.1) is 5.06 Å². The summed E-state index contributed by atoms with van der Waals surface area (Å²) in [6, 6.07) is 9.61. The highest BCUT2D eigenvalue weighted by Gasteiger charge is 2.31. The largest absolute Gasteiger partial charge is 0.527 e. The van der Waals surface area contributed by atoms with Crippen molar-refractivity contribution in [3.05, 3.63) is 42.1 Å². The third-order valence-corrected chi connectivity index (χ3v) is 6.62. The SMILES string of the molecule is CCOC(=O)ON1CCN(C(=O)[C@H](CCC(=O)O)NC(=O)c2cc(OCCCSC)n(-c3ccccc3)n2)CC1. The normalized spacial score (nSPS) is 14.3. The number of para-hydroxylation sites is 1. The van der Waals surface area contributed by atoms with E-state index < -0.39 is 30.0 Å². The van der Waals surface area contributed by atoms with Gasteiger partial charge in [0.05, 0.1) is 32.0 Å². The topological polar surface area (TPSA) is 153 Å². The molecule has 1 aliphatic heterocycles. The lowest BCUT2D eigenvalue weighted by molar-refractivity contribution is -0.157. The lowest BCUT2D eigenvalue weighted by atomic mass is 10.1. The average Bonchev–Trinajstić information content (AvgIpc) is 3.38. The zero-order chi connectivity index (χ0) is 28.9. The minimum atomic E-state index is -1.09. The number of amides is 2. The van der Waals surface area contributed by atoms with Gasteiger partial charge in [-0.2, -0.15) is 16.9 Å². The highest BCUT2D eigenvalue weighted by Crippen LogP contribution is 2.20. The fourth-order valence-corrected chi connectivity index (χ4v) is 4.35. The van der Waals surface area contributed by atoms with Gasteiger partial charge in [-0.3, -0.25) is 14.4 Å². The van der Waals surface area contributed by atoms with Crippen molar-refractivity contribution in [2.75, 3.05) is 51.4 Å². The number of aromatic nitrogens is 2. The van der Waals surface area contributed by atoms with Gasteiger partial charge < -0.3 is 29.6 Å². The molecule has 0 radical (unpaired) electrons. The van der Waals surface area contributed by atoms with Crippen LogP contribution in [0.2, 0.25) is 0 Å². The molecule has 0 saturated carbocycles. The summed E-state index contributed by atoms with van der Waals surface area (Å²) in [6.45, 7) is 3.19. The Balaban J connectivity index is 1.71. The number of ether oxygens (including phenoxy) is 2. The third kappa shape index (κ3) is 9.16. The summed E-state index contributed by atoms with van der Waals surface area (Å²) in [5.74, 6) is -0.848. The van der Waals surface area contributed by atoms with Crippen molar-refractivity contribution in [1.29, 1.82) is 0 Å². The monoisotopic (exact) mass is 577 g/mol. The Kier molecular flexibility index (Phi) is 12.1. The highest BCUT2D eigenvalue weighted by atomic mass is 32.2. The van der Waals surface area contributed by atoms with Crippen molar-refractivity contribution in [2.24, 2.45) is 0 Å². The van der Waals surface area contributed by atoms with Crippen molar-refractivity contribution in [3.63, 3.8) is 0 Å². The van der Waals surface area contributed by atoms with Gasteiger partial charge >= 0.3 is 12.1 Å². The van der Waals surface area contributed by atoms with Gasteiger partial charge in [-0.25, -0.2) is 9.48 Å². The fraction of sp³-hybridized carbons (Fsp3) is 0.500. The zero-order valence-electron chi connectivity index (χ0n) is 22.6. The van der Waals surface area contributed by atoms with Gasteiger partial charge in [0.2, 0.25) is 11.8 Å². The number of carbonyl (C=O) groups excluding carboxylic acids is 3. The standard InChI is InChI=1S/C26H35N5O8S/c1-3-37-26(36)39-30-14-12-29(13-15-30)25(35)20(10-11-23(32)33)27-24(34)21-18-22(38-16-7-17-40-2)31(28-21)19-8-5-4-6-9-19/h4-6,8-9,18,20H,3,7,10-17H2,1-2H3,(H,27,34)(H,32,33)/t20-/m0/s1. The van der Waals surface area contributed by atoms with Crippen molar-refractivity contribution in [1.82, 2.24) is 25.1 Å². The molecule has 0 aliphatic carbocycles. The number of carboxylic acids is 1. The van der Waals surface area contributed by atoms with Gasteiger partial charge in [-0.1, -0.05) is 18.2 Å². The predicted octanol–water partition coefficient (Wildman–Crippen LogP) is 2.20. The molecule has 1 aromatic carbocycles. The minimum absolute atomic E-state index is 0.0319. The fourth-order valence-electron chi connectivity index (χ4n) is 3.94. The van der Waals surface area contributed by atoms with Crippen LogP contribution >= 0.6 is 11.8 Å². The second kappa shape index (κ2) is 15.7. The van der Waals surface area contributed by atoms with E-state index in [-0.39, 0.29) is 51.3 Å². The molecule has 1 atom stereocenters. The zero-order valence-corrected chi connectivity index (χ0v) is 23.4. The molecule has 2 aromatic rings. The minimum Gasteiger partial charge on any atom is -0.481 e. The van der Waals surface area contributed by atoms with Crippen LogP contribution in [-0.2, 0) is 19.2 Å². The molecule has 218 valence electrons. The summed E-state index contributed by atoms with van der Waals surface area (Å²) in [5, 5.41) is 17.7. The summed E-state index contributed by atoms with van der Waals surface area (Å²) in [6.07, 6.45) is 1.58. The number of nitrogens with zero attached hydrogens (tertiary/aromatic N) is 4. The van der Waals surface area contributed by atoms with Crippen LogP contribution in [0.5, 0.6) is 5.88 Å². The number of carbonyl (C=O) groups is 4. The predicted molar refractivity (Wildman–Crippen MR) is 146 cm³/mol. The first-order valence-electron chi connectivity index (χ1n) is 13.0. The summed E-state index contributed by atoms with van der Waals surface area (Å²) in [7, 11) is 0. The van der Waals surface area contributed by atoms with Crippen LogP contribution in [0, 0.1) is 0 Å². The van der Waals surface area contributed by atoms with Crippen LogP contribution in [0.1, 0.15) is 36.7 Å². The molecule has 3 rings (SSSR count). The smallest absolute Gasteiger partial charge is 0.481 e. The number of aliphatic carboxylic acids is 1. The van der Waals surface area contributed by atoms with Crippen molar-refractivity contribution in [2.45, 2.75) is 32.2 Å². The molecule has 0 unspecified atom stereocenters. The summed E-state index contributed by atoms with van der Waals surface area (Å²) < 4.78 is 12.2. The Bertz CT molecular complexity index is 1140. The number of rotatable bonds is 14. The Hall–Kier alpha value is -3.78. The number of benzene rings is 1. The summed E-state index contributed by atoms with van der Waals surface area (Å²) in [4.78, 5) is 56.0. The number of thioether (sulfide) groups is 1. The number of hydroxylamine groups is 2. The number of piperazine rings is 1. The first kappa shape index (κ1) is 30.8. The van der Waals surface area contributed by atoms with Crippen molar-refractivity contribution >= 4 is 35.7 Å². The molecule has 0 bridgehead atoms. The molecule has 0 spiro atoms. The second-order valence-corrected chi connectivity index (χ2v) is 9.78. The maximum absolute atomic E-state index is 13.3. The molecule has 1 aliphatic rings. The van der Waals surface area contributed by atoms with Gasteiger partial charge in [0.1, 0.15) is 6.04 Å². The van der Waals surface area contributed by atoms with E-state index in [9.17, 15) is 24.3 Å². The molecular formula is C26H35N5O8S. The quantitative estimate of drug-likeness (QED) is 0.251.